The monoisotopic (exact) mass is 160 g/mol. The molecule has 0 saturated carbocycles. The van der Waals surface area contributed by atoms with Crippen LogP contribution in [0.2, 0.25) is 0 Å². The van der Waals surface area contributed by atoms with Crippen molar-refractivity contribution in [1.82, 2.24) is 0 Å². The van der Waals surface area contributed by atoms with E-state index in [-0.39, 0.29) is 17.1 Å². The van der Waals surface area contributed by atoms with Gasteiger partial charge in [-0.1, -0.05) is 12.5 Å². The average Bonchev–Trinajstić information content (AvgIpc) is 1.82. The summed E-state index contributed by atoms with van der Waals surface area (Å²) in [5.41, 5.74) is 1.01. The van der Waals surface area contributed by atoms with E-state index >= 15 is 0 Å². The quantitative estimate of drug-likeness (QED) is 0.478. The maximum absolute atomic E-state index is 12.6. The van der Waals surface area contributed by atoms with Crippen molar-refractivity contribution >= 4 is 11.6 Å². The Labute approximate surface area is 65.4 Å². The Hall–Kier alpha value is -0.300. The second-order valence-electron chi connectivity index (χ2n) is 2.67. The van der Waals surface area contributed by atoms with Crippen LogP contribution in [-0.2, 0) is 0 Å². The van der Waals surface area contributed by atoms with Crippen LogP contribution in [0.5, 0.6) is 0 Å². The summed E-state index contributed by atoms with van der Waals surface area (Å²) in [7, 11) is 0. The molecule has 0 heterocycles. The zero-order valence-electron chi connectivity index (χ0n) is 6.07. The normalized spacial score (nSPS) is 33.2. The number of halogens is 2. The SMILES string of the molecule is CC1=CC(F)=CC(Cl)C1C. The Bertz CT molecular complexity index is 193. The van der Waals surface area contributed by atoms with Crippen molar-refractivity contribution in [3.8, 4) is 0 Å². The minimum absolute atomic E-state index is 0.176. The average molecular weight is 161 g/mol. The molecule has 0 spiro atoms. The van der Waals surface area contributed by atoms with Crippen molar-refractivity contribution in [2.75, 3.05) is 0 Å². The third-order valence-electron chi connectivity index (χ3n) is 1.88. The lowest BCUT2D eigenvalue weighted by molar-refractivity contribution is 0.609. The molecule has 1 rings (SSSR count). The maximum Gasteiger partial charge on any atom is 0.120 e. The molecule has 0 bridgehead atoms. The van der Waals surface area contributed by atoms with Gasteiger partial charge in [0.1, 0.15) is 5.83 Å². The molecule has 0 aromatic carbocycles. The van der Waals surface area contributed by atoms with Crippen LogP contribution < -0.4 is 0 Å². The largest absolute Gasteiger partial charge is 0.207 e. The van der Waals surface area contributed by atoms with Crippen LogP contribution in [0.1, 0.15) is 13.8 Å². The van der Waals surface area contributed by atoms with Crippen molar-refractivity contribution in [1.29, 1.82) is 0 Å². The van der Waals surface area contributed by atoms with E-state index in [0.29, 0.717) is 0 Å². The Morgan fingerprint density at radius 1 is 1.60 bits per heavy atom. The van der Waals surface area contributed by atoms with E-state index in [1.165, 1.54) is 12.2 Å². The molecule has 0 aromatic rings. The molecule has 2 heteroatoms. The minimum atomic E-state index is -0.212. The minimum Gasteiger partial charge on any atom is -0.207 e. The Kier molecular flexibility index (Phi) is 2.14. The van der Waals surface area contributed by atoms with Gasteiger partial charge in [-0.25, -0.2) is 4.39 Å². The summed E-state index contributed by atoms with van der Waals surface area (Å²) in [5.74, 6) is 0.0526. The molecule has 1 aliphatic rings. The zero-order valence-corrected chi connectivity index (χ0v) is 6.82. The van der Waals surface area contributed by atoms with Gasteiger partial charge in [-0.3, -0.25) is 0 Å². The molecule has 0 aliphatic heterocycles. The number of hydrogen-bond acceptors (Lipinski definition) is 0. The van der Waals surface area contributed by atoms with Crippen molar-refractivity contribution in [3.05, 3.63) is 23.6 Å². The summed E-state index contributed by atoms with van der Waals surface area (Å²) in [6.07, 6.45) is 2.97. The Morgan fingerprint density at radius 2 is 2.20 bits per heavy atom. The van der Waals surface area contributed by atoms with Gasteiger partial charge in [-0.05, 0) is 25.0 Å². The first kappa shape index (κ1) is 7.80. The van der Waals surface area contributed by atoms with E-state index in [1.807, 2.05) is 13.8 Å². The lowest BCUT2D eigenvalue weighted by Gasteiger charge is -2.19. The van der Waals surface area contributed by atoms with E-state index in [4.69, 9.17) is 11.6 Å². The lowest BCUT2D eigenvalue weighted by atomic mass is 9.94. The smallest absolute Gasteiger partial charge is 0.120 e. The first-order valence-electron chi connectivity index (χ1n) is 3.31. The molecule has 0 radical (unpaired) electrons. The van der Waals surface area contributed by atoms with E-state index in [0.717, 1.165) is 5.57 Å². The third-order valence-corrected chi connectivity index (χ3v) is 2.38. The van der Waals surface area contributed by atoms with E-state index in [1.54, 1.807) is 0 Å². The molecule has 56 valence electrons. The standard InChI is InChI=1S/C8H10ClF/c1-5-3-7(10)4-8(9)6(5)2/h3-4,6,8H,1-2H3. The zero-order chi connectivity index (χ0) is 7.72. The van der Waals surface area contributed by atoms with Crippen molar-refractivity contribution in [3.63, 3.8) is 0 Å². The fraction of sp³-hybridized carbons (Fsp3) is 0.500. The maximum atomic E-state index is 12.6. The summed E-state index contributed by atoms with van der Waals surface area (Å²) in [5, 5.41) is -0.176. The van der Waals surface area contributed by atoms with Crippen LogP contribution in [0.25, 0.3) is 0 Å². The summed E-state index contributed by atoms with van der Waals surface area (Å²) in [6, 6.07) is 0. The van der Waals surface area contributed by atoms with Gasteiger partial charge in [-0.2, -0.15) is 0 Å². The van der Waals surface area contributed by atoms with Crippen LogP contribution in [-0.4, -0.2) is 5.38 Å². The van der Waals surface area contributed by atoms with E-state index in [2.05, 4.69) is 0 Å². The van der Waals surface area contributed by atoms with Gasteiger partial charge >= 0.3 is 0 Å². The molecular formula is C8H10ClF. The van der Waals surface area contributed by atoms with Gasteiger partial charge in [0.2, 0.25) is 0 Å². The van der Waals surface area contributed by atoms with Gasteiger partial charge in [0, 0.05) is 0 Å². The molecule has 0 fully saturated rings. The van der Waals surface area contributed by atoms with Crippen LogP contribution in [0, 0.1) is 5.92 Å². The molecular weight excluding hydrogens is 151 g/mol. The Morgan fingerprint density at radius 3 is 2.70 bits per heavy atom. The molecule has 0 nitrogen and oxygen atoms in total. The van der Waals surface area contributed by atoms with E-state index in [9.17, 15) is 4.39 Å². The number of hydrogen-bond donors (Lipinski definition) is 0. The topological polar surface area (TPSA) is 0 Å². The van der Waals surface area contributed by atoms with Crippen molar-refractivity contribution in [2.24, 2.45) is 5.92 Å². The molecule has 0 saturated heterocycles. The summed E-state index contributed by atoms with van der Waals surface area (Å²) < 4.78 is 12.6. The van der Waals surface area contributed by atoms with Gasteiger partial charge in [-0.15, -0.1) is 11.6 Å². The highest BCUT2D eigenvalue weighted by Crippen LogP contribution is 2.27. The lowest BCUT2D eigenvalue weighted by Crippen LogP contribution is -2.13. The predicted octanol–water partition coefficient (Wildman–Crippen LogP) is 3.04. The van der Waals surface area contributed by atoms with Crippen molar-refractivity contribution < 1.29 is 4.39 Å². The van der Waals surface area contributed by atoms with Gasteiger partial charge in [0.05, 0.1) is 5.38 Å². The van der Waals surface area contributed by atoms with Crippen molar-refractivity contribution in [2.45, 2.75) is 19.2 Å². The van der Waals surface area contributed by atoms with Gasteiger partial charge < -0.3 is 0 Å². The third kappa shape index (κ3) is 1.40. The summed E-state index contributed by atoms with van der Waals surface area (Å²) >= 11 is 5.80. The van der Waals surface area contributed by atoms with Crippen LogP contribution in [0.3, 0.4) is 0 Å². The summed E-state index contributed by atoms with van der Waals surface area (Å²) in [4.78, 5) is 0. The van der Waals surface area contributed by atoms with Crippen LogP contribution >= 0.6 is 11.6 Å². The fourth-order valence-corrected chi connectivity index (χ4v) is 1.26. The molecule has 1 aliphatic carbocycles. The van der Waals surface area contributed by atoms with Gasteiger partial charge in [0.15, 0.2) is 0 Å². The highest BCUT2D eigenvalue weighted by atomic mass is 35.5. The Balaban J connectivity index is 2.85. The molecule has 10 heavy (non-hydrogen) atoms. The fourth-order valence-electron chi connectivity index (χ4n) is 0.945. The molecule has 0 N–H and O–H groups in total. The van der Waals surface area contributed by atoms with Crippen LogP contribution in [0.4, 0.5) is 4.39 Å². The summed E-state index contributed by atoms with van der Waals surface area (Å²) in [6.45, 7) is 3.89. The number of rotatable bonds is 0. The second kappa shape index (κ2) is 2.75. The highest BCUT2D eigenvalue weighted by Gasteiger charge is 2.18. The molecule has 2 atom stereocenters. The second-order valence-corrected chi connectivity index (χ2v) is 3.18. The first-order valence-corrected chi connectivity index (χ1v) is 3.74. The van der Waals surface area contributed by atoms with Gasteiger partial charge in [0.25, 0.3) is 0 Å². The van der Waals surface area contributed by atoms with E-state index < -0.39 is 0 Å². The highest BCUT2D eigenvalue weighted by molar-refractivity contribution is 6.22. The first-order chi connectivity index (χ1) is 4.61. The van der Waals surface area contributed by atoms with Crippen LogP contribution in [0.15, 0.2) is 23.6 Å². The molecule has 2 unspecified atom stereocenters. The predicted molar refractivity (Wildman–Crippen MR) is 41.8 cm³/mol. The molecule has 0 aromatic heterocycles. The number of alkyl halides is 1. The number of allylic oxidation sites excluding steroid dienone is 4. The molecule has 0 amide bonds.